The van der Waals surface area contributed by atoms with Crippen molar-refractivity contribution in [3.8, 4) is 0 Å². The first-order valence-corrected chi connectivity index (χ1v) is 9.93. The van der Waals surface area contributed by atoms with Gasteiger partial charge in [0.1, 0.15) is 12.4 Å². The second-order valence-electron chi connectivity index (χ2n) is 7.29. The van der Waals surface area contributed by atoms with Crippen LogP contribution >= 0.6 is 0 Å². The Kier molecular flexibility index (Phi) is 5.70. The SMILES string of the molecule is Cc1nc2ccccc2c(=O)n1CC(=O)N(Cc1ccccc1)Cc1ccccc1. The molecule has 0 aliphatic rings. The fourth-order valence-corrected chi connectivity index (χ4v) is 3.54. The van der Waals surface area contributed by atoms with E-state index in [-0.39, 0.29) is 18.0 Å². The summed E-state index contributed by atoms with van der Waals surface area (Å²) < 4.78 is 1.47. The summed E-state index contributed by atoms with van der Waals surface area (Å²) >= 11 is 0. The molecule has 1 heterocycles. The Morgan fingerprint density at radius 3 is 1.97 bits per heavy atom. The number of nitrogens with zero attached hydrogens (tertiary/aromatic N) is 3. The molecule has 1 amide bonds. The van der Waals surface area contributed by atoms with Crippen molar-refractivity contribution in [1.82, 2.24) is 14.5 Å². The molecule has 0 spiro atoms. The monoisotopic (exact) mass is 397 g/mol. The molecule has 0 aliphatic carbocycles. The van der Waals surface area contributed by atoms with Gasteiger partial charge in [-0.2, -0.15) is 0 Å². The number of aromatic nitrogens is 2. The van der Waals surface area contributed by atoms with Crippen LogP contribution in [0.1, 0.15) is 17.0 Å². The Labute approximate surface area is 175 Å². The van der Waals surface area contributed by atoms with Crippen molar-refractivity contribution in [2.75, 3.05) is 0 Å². The van der Waals surface area contributed by atoms with Crippen LogP contribution in [0.5, 0.6) is 0 Å². The molecule has 0 saturated heterocycles. The predicted molar refractivity (Wildman–Crippen MR) is 118 cm³/mol. The lowest BCUT2D eigenvalue weighted by molar-refractivity contribution is -0.133. The van der Waals surface area contributed by atoms with Gasteiger partial charge >= 0.3 is 0 Å². The second kappa shape index (κ2) is 8.74. The molecule has 30 heavy (non-hydrogen) atoms. The number of fused-ring (bicyclic) bond motifs is 1. The number of aryl methyl sites for hydroxylation is 1. The Morgan fingerprint density at radius 1 is 0.833 bits per heavy atom. The third kappa shape index (κ3) is 4.30. The van der Waals surface area contributed by atoms with Crippen LogP contribution in [0, 0.1) is 6.92 Å². The van der Waals surface area contributed by atoms with Gasteiger partial charge in [0.25, 0.3) is 5.56 Å². The molecule has 0 bridgehead atoms. The lowest BCUT2D eigenvalue weighted by Gasteiger charge is -2.24. The van der Waals surface area contributed by atoms with Gasteiger partial charge in [-0.1, -0.05) is 72.8 Å². The predicted octanol–water partition coefficient (Wildman–Crippen LogP) is 3.93. The largest absolute Gasteiger partial charge is 0.332 e. The van der Waals surface area contributed by atoms with Crippen LogP contribution in [0.4, 0.5) is 0 Å². The van der Waals surface area contributed by atoms with Crippen LogP contribution < -0.4 is 5.56 Å². The molecular formula is C25H23N3O2. The maximum atomic E-state index is 13.3. The molecule has 0 fully saturated rings. The van der Waals surface area contributed by atoms with Gasteiger partial charge in [0.15, 0.2) is 0 Å². The molecule has 0 N–H and O–H groups in total. The highest BCUT2D eigenvalue weighted by Crippen LogP contribution is 2.12. The molecule has 0 atom stereocenters. The van der Waals surface area contributed by atoms with E-state index >= 15 is 0 Å². The lowest BCUT2D eigenvalue weighted by atomic mass is 10.1. The van der Waals surface area contributed by atoms with Crippen molar-refractivity contribution in [1.29, 1.82) is 0 Å². The van der Waals surface area contributed by atoms with E-state index in [1.807, 2.05) is 78.9 Å². The first-order valence-electron chi connectivity index (χ1n) is 9.93. The molecule has 5 nitrogen and oxygen atoms in total. The summed E-state index contributed by atoms with van der Waals surface area (Å²) in [6.45, 7) is 2.68. The standard InChI is InChI=1S/C25H23N3O2/c1-19-26-23-15-9-8-14-22(23)25(30)28(19)18-24(29)27(16-20-10-4-2-5-11-20)17-21-12-6-3-7-13-21/h2-15H,16-18H2,1H3. The van der Waals surface area contributed by atoms with Crippen LogP contribution in [0.25, 0.3) is 10.9 Å². The van der Waals surface area contributed by atoms with Crippen LogP contribution in [0.3, 0.4) is 0 Å². The zero-order valence-electron chi connectivity index (χ0n) is 16.9. The van der Waals surface area contributed by atoms with Gasteiger partial charge in [-0.3, -0.25) is 14.2 Å². The van der Waals surface area contributed by atoms with E-state index in [1.165, 1.54) is 4.57 Å². The van der Waals surface area contributed by atoms with E-state index in [0.29, 0.717) is 29.8 Å². The van der Waals surface area contributed by atoms with E-state index in [2.05, 4.69) is 4.98 Å². The van der Waals surface area contributed by atoms with Gasteiger partial charge in [0.05, 0.1) is 10.9 Å². The number of amides is 1. The van der Waals surface area contributed by atoms with Crippen molar-refractivity contribution >= 4 is 16.8 Å². The topological polar surface area (TPSA) is 55.2 Å². The normalized spacial score (nSPS) is 10.8. The van der Waals surface area contributed by atoms with E-state index in [9.17, 15) is 9.59 Å². The van der Waals surface area contributed by atoms with Gasteiger partial charge in [-0.15, -0.1) is 0 Å². The highest BCUT2D eigenvalue weighted by atomic mass is 16.2. The fourth-order valence-electron chi connectivity index (χ4n) is 3.54. The molecule has 0 unspecified atom stereocenters. The average Bonchev–Trinajstić information content (AvgIpc) is 2.77. The average molecular weight is 397 g/mol. The molecular weight excluding hydrogens is 374 g/mol. The number of benzene rings is 3. The number of carbonyl (C=O) groups excluding carboxylic acids is 1. The van der Waals surface area contributed by atoms with Gasteiger partial charge in [0.2, 0.25) is 5.91 Å². The van der Waals surface area contributed by atoms with Crippen molar-refractivity contribution in [2.24, 2.45) is 0 Å². The third-order valence-corrected chi connectivity index (χ3v) is 5.13. The molecule has 150 valence electrons. The van der Waals surface area contributed by atoms with Crippen molar-refractivity contribution in [3.63, 3.8) is 0 Å². The van der Waals surface area contributed by atoms with Crippen molar-refractivity contribution < 1.29 is 4.79 Å². The molecule has 0 radical (unpaired) electrons. The molecule has 0 saturated carbocycles. The Hall–Kier alpha value is -3.73. The van der Waals surface area contributed by atoms with Crippen LogP contribution in [-0.2, 0) is 24.4 Å². The second-order valence-corrected chi connectivity index (χ2v) is 7.29. The number of rotatable bonds is 6. The minimum Gasteiger partial charge on any atom is -0.332 e. The number of hydrogen-bond donors (Lipinski definition) is 0. The van der Waals surface area contributed by atoms with Crippen LogP contribution in [-0.4, -0.2) is 20.4 Å². The first-order chi connectivity index (χ1) is 14.6. The molecule has 4 rings (SSSR count). The number of hydrogen-bond acceptors (Lipinski definition) is 3. The van der Waals surface area contributed by atoms with Crippen molar-refractivity contribution in [2.45, 2.75) is 26.6 Å². The van der Waals surface area contributed by atoms with Gasteiger partial charge in [-0.25, -0.2) is 4.98 Å². The van der Waals surface area contributed by atoms with Gasteiger partial charge in [-0.05, 0) is 30.2 Å². The van der Waals surface area contributed by atoms with Crippen molar-refractivity contribution in [3.05, 3.63) is 112 Å². The Balaban J connectivity index is 1.64. The summed E-state index contributed by atoms with van der Waals surface area (Å²) in [5.41, 5.74) is 2.55. The van der Waals surface area contributed by atoms with Crippen LogP contribution in [0.15, 0.2) is 89.7 Å². The molecule has 0 aliphatic heterocycles. The zero-order valence-corrected chi connectivity index (χ0v) is 16.9. The molecule has 1 aromatic heterocycles. The van der Waals surface area contributed by atoms with E-state index in [4.69, 9.17) is 0 Å². The first kappa shape index (κ1) is 19.6. The summed E-state index contributed by atoms with van der Waals surface area (Å²) in [7, 11) is 0. The Bertz CT molecular complexity index is 1180. The smallest absolute Gasteiger partial charge is 0.261 e. The maximum absolute atomic E-state index is 13.3. The summed E-state index contributed by atoms with van der Waals surface area (Å²) in [5.74, 6) is 0.413. The van der Waals surface area contributed by atoms with Gasteiger partial charge < -0.3 is 4.90 Å². The molecule has 3 aromatic carbocycles. The quantitative estimate of drug-likeness (QED) is 0.495. The minimum atomic E-state index is -0.189. The highest BCUT2D eigenvalue weighted by Gasteiger charge is 2.18. The fraction of sp³-hybridized carbons (Fsp3) is 0.160. The summed E-state index contributed by atoms with van der Waals surface area (Å²) in [5, 5.41) is 0.522. The summed E-state index contributed by atoms with van der Waals surface area (Å²) in [6.07, 6.45) is 0. The zero-order chi connectivity index (χ0) is 20.9. The van der Waals surface area contributed by atoms with Gasteiger partial charge in [0, 0.05) is 13.1 Å². The maximum Gasteiger partial charge on any atom is 0.261 e. The summed E-state index contributed by atoms with van der Waals surface area (Å²) in [6, 6.07) is 27.0. The number of para-hydroxylation sites is 1. The van der Waals surface area contributed by atoms with E-state index in [0.717, 1.165) is 11.1 Å². The number of carbonyl (C=O) groups is 1. The highest BCUT2D eigenvalue weighted by molar-refractivity contribution is 5.79. The van der Waals surface area contributed by atoms with E-state index < -0.39 is 0 Å². The lowest BCUT2D eigenvalue weighted by Crippen LogP contribution is -2.37. The summed E-state index contributed by atoms with van der Waals surface area (Å²) in [4.78, 5) is 32.6. The van der Waals surface area contributed by atoms with Crippen LogP contribution in [0.2, 0.25) is 0 Å². The third-order valence-electron chi connectivity index (χ3n) is 5.13. The van der Waals surface area contributed by atoms with E-state index in [1.54, 1.807) is 17.9 Å². The molecule has 4 aromatic rings. The molecule has 5 heteroatoms. The Morgan fingerprint density at radius 2 is 1.37 bits per heavy atom. The minimum absolute atomic E-state index is 0.0395.